The summed E-state index contributed by atoms with van der Waals surface area (Å²) in [7, 11) is 0. The topological polar surface area (TPSA) is 93.5 Å². The number of nitriles is 1. The average Bonchev–Trinajstić information content (AvgIpc) is 2.80. The lowest BCUT2D eigenvalue weighted by Gasteiger charge is -2.34. The Morgan fingerprint density at radius 2 is 2.04 bits per heavy atom. The number of amides is 4. The number of rotatable bonds is 6. The van der Waals surface area contributed by atoms with E-state index in [2.05, 4.69) is 12.2 Å². The zero-order valence-corrected chi connectivity index (χ0v) is 15.4. The quantitative estimate of drug-likeness (QED) is 0.743. The molecule has 0 radical (unpaired) electrons. The molecule has 2 rings (SSSR count). The van der Waals surface area contributed by atoms with Crippen LogP contribution in [0.5, 0.6) is 0 Å². The largest absolute Gasteiger partial charge is 0.338 e. The first-order chi connectivity index (χ1) is 11.8. The molecule has 0 aromatic rings. The SMILES string of the molecule is CCC1CCC2(CC1)NC(=O)N(CC(=O)N(CCC#N)C(C)C)C2=O. The molecule has 0 unspecified atom stereocenters. The number of urea groups is 1. The standard InChI is InChI=1S/C18H28N4O3/c1-4-14-6-8-18(9-7-14)16(24)22(17(25)20-18)12-15(23)21(13(2)3)11-5-10-19/h13-14H,4-9,11-12H2,1-3H3,(H,20,25). The second kappa shape index (κ2) is 7.85. The van der Waals surface area contributed by atoms with Crippen LogP contribution in [0.25, 0.3) is 0 Å². The fourth-order valence-electron chi connectivity index (χ4n) is 3.80. The average molecular weight is 348 g/mol. The lowest BCUT2D eigenvalue weighted by molar-refractivity contribution is -0.140. The second-order valence-corrected chi connectivity index (χ2v) is 7.34. The van der Waals surface area contributed by atoms with Crippen molar-refractivity contribution in [2.24, 2.45) is 5.92 Å². The van der Waals surface area contributed by atoms with E-state index in [1.807, 2.05) is 19.9 Å². The molecule has 1 heterocycles. The van der Waals surface area contributed by atoms with Gasteiger partial charge in [-0.25, -0.2) is 4.79 Å². The third-order valence-electron chi connectivity index (χ3n) is 5.48. The summed E-state index contributed by atoms with van der Waals surface area (Å²) in [6, 6.07) is 1.46. The Morgan fingerprint density at radius 3 is 2.56 bits per heavy atom. The van der Waals surface area contributed by atoms with Crippen LogP contribution in [0.1, 0.15) is 59.3 Å². The molecule has 4 amide bonds. The van der Waals surface area contributed by atoms with Crippen molar-refractivity contribution < 1.29 is 14.4 Å². The van der Waals surface area contributed by atoms with Gasteiger partial charge in [0.1, 0.15) is 12.1 Å². The molecule has 7 nitrogen and oxygen atoms in total. The molecule has 1 saturated carbocycles. The van der Waals surface area contributed by atoms with Gasteiger partial charge < -0.3 is 10.2 Å². The summed E-state index contributed by atoms with van der Waals surface area (Å²) in [5.74, 6) is 0.0332. The summed E-state index contributed by atoms with van der Waals surface area (Å²) < 4.78 is 0. The van der Waals surface area contributed by atoms with Crippen LogP contribution in [0.2, 0.25) is 0 Å². The molecule has 0 aromatic carbocycles. The Labute approximate surface area is 149 Å². The van der Waals surface area contributed by atoms with Gasteiger partial charge in [-0.1, -0.05) is 13.3 Å². The zero-order chi connectivity index (χ0) is 18.6. The molecule has 1 aliphatic heterocycles. The van der Waals surface area contributed by atoms with Crippen molar-refractivity contribution in [3.8, 4) is 6.07 Å². The molecule has 1 spiro atoms. The van der Waals surface area contributed by atoms with Crippen LogP contribution < -0.4 is 5.32 Å². The van der Waals surface area contributed by atoms with Gasteiger partial charge in [-0.3, -0.25) is 14.5 Å². The number of nitrogens with zero attached hydrogens (tertiary/aromatic N) is 3. The number of hydrogen-bond acceptors (Lipinski definition) is 4. The Bertz CT molecular complexity index is 573. The third kappa shape index (κ3) is 3.94. The van der Waals surface area contributed by atoms with Gasteiger partial charge in [0.25, 0.3) is 5.91 Å². The van der Waals surface area contributed by atoms with Gasteiger partial charge >= 0.3 is 6.03 Å². The van der Waals surface area contributed by atoms with E-state index in [1.54, 1.807) is 4.90 Å². The lowest BCUT2D eigenvalue weighted by Crippen LogP contribution is -2.50. The Hall–Kier alpha value is -2.10. The highest BCUT2D eigenvalue weighted by Gasteiger charge is 2.52. The van der Waals surface area contributed by atoms with E-state index in [4.69, 9.17) is 5.26 Å². The van der Waals surface area contributed by atoms with E-state index < -0.39 is 11.6 Å². The van der Waals surface area contributed by atoms with Gasteiger partial charge in [-0.2, -0.15) is 5.26 Å². The van der Waals surface area contributed by atoms with Crippen molar-refractivity contribution in [3.05, 3.63) is 0 Å². The summed E-state index contributed by atoms with van der Waals surface area (Å²) in [6.07, 6.45) is 4.44. The predicted octanol–water partition coefficient (Wildman–Crippen LogP) is 2.03. The van der Waals surface area contributed by atoms with Crippen molar-refractivity contribution in [2.45, 2.75) is 70.9 Å². The lowest BCUT2D eigenvalue weighted by atomic mass is 9.75. The van der Waals surface area contributed by atoms with Crippen LogP contribution in [-0.2, 0) is 9.59 Å². The van der Waals surface area contributed by atoms with Crippen LogP contribution in [0, 0.1) is 17.2 Å². The Balaban J connectivity index is 2.05. The molecule has 0 aromatic heterocycles. The van der Waals surface area contributed by atoms with E-state index >= 15 is 0 Å². The number of carbonyl (C=O) groups is 3. The number of imide groups is 1. The molecule has 2 fully saturated rings. The fraction of sp³-hybridized carbons (Fsp3) is 0.778. The maximum atomic E-state index is 12.8. The summed E-state index contributed by atoms with van der Waals surface area (Å²) in [6.45, 7) is 5.90. The van der Waals surface area contributed by atoms with Crippen LogP contribution in [0.15, 0.2) is 0 Å². The molecule has 138 valence electrons. The van der Waals surface area contributed by atoms with Crippen molar-refractivity contribution in [1.82, 2.24) is 15.1 Å². The predicted molar refractivity (Wildman–Crippen MR) is 92.3 cm³/mol. The molecule has 0 bridgehead atoms. The maximum absolute atomic E-state index is 12.8. The summed E-state index contributed by atoms with van der Waals surface area (Å²) >= 11 is 0. The van der Waals surface area contributed by atoms with Gasteiger partial charge in [0, 0.05) is 12.6 Å². The highest BCUT2D eigenvalue weighted by molar-refractivity contribution is 6.09. The van der Waals surface area contributed by atoms with E-state index in [-0.39, 0.29) is 30.8 Å². The smallest absolute Gasteiger partial charge is 0.325 e. The Morgan fingerprint density at radius 1 is 1.40 bits per heavy atom. The van der Waals surface area contributed by atoms with E-state index in [0.29, 0.717) is 25.3 Å². The number of hydrogen-bond donors (Lipinski definition) is 1. The molecule has 0 atom stereocenters. The van der Waals surface area contributed by atoms with E-state index in [9.17, 15) is 14.4 Å². The van der Waals surface area contributed by atoms with Gasteiger partial charge in [-0.15, -0.1) is 0 Å². The second-order valence-electron chi connectivity index (χ2n) is 7.34. The van der Waals surface area contributed by atoms with E-state index in [1.165, 1.54) is 0 Å². The molecule has 2 aliphatic rings. The van der Waals surface area contributed by atoms with Gasteiger partial charge in [0.15, 0.2) is 0 Å². The molecular formula is C18H28N4O3. The van der Waals surface area contributed by atoms with Crippen LogP contribution in [-0.4, -0.2) is 52.3 Å². The molecule has 25 heavy (non-hydrogen) atoms. The van der Waals surface area contributed by atoms with Crippen LogP contribution >= 0.6 is 0 Å². The zero-order valence-electron chi connectivity index (χ0n) is 15.4. The molecule has 1 aliphatic carbocycles. The molecule has 1 N–H and O–H groups in total. The van der Waals surface area contributed by atoms with Gasteiger partial charge in [-0.05, 0) is 45.4 Å². The highest BCUT2D eigenvalue weighted by Crippen LogP contribution is 2.37. The number of carbonyl (C=O) groups excluding carboxylic acids is 3. The highest BCUT2D eigenvalue weighted by atomic mass is 16.2. The summed E-state index contributed by atoms with van der Waals surface area (Å²) in [5, 5.41) is 11.6. The van der Waals surface area contributed by atoms with E-state index in [0.717, 1.165) is 24.2 Å². The molecule has 7 heteroatoms. The van der Waals surface area contributed by atoms with Gasteiger partial charge in [0.05, 0.1) is 12.5 Å². The molecular weight excluding hydrogens is 320 g/mol. The minimum Gasteiger partial charge on any atom is -0.338 e. The van der Waals surface area contributed by atoms with Crippen molar-refractivity contribution >= 4 is 17.8 Å². The number of nitrogens with one attached hydrogen (secondary N) is 1. The first kappa shape index (κ1) is 19.2. The summed E-state index contributed by atoms with van der Waals surface area (Å²) in [4.78, 5) is 40.3. The van der Waals surface area contributed by atoms with Gasteiger partial charge in [0.2, 0.25) is 5.91 Å². The first-order valence-electron chi connectivity index (χ1n) is 9.15. The normalized spacial score (nSPS) is 26.0. The maximum Gasteiger partial charge on any atom is 0.325 e. The van der Waals surface area contributed by atoms with Crippen molar-refractivity contribution in [1.29, 1.82) is 5.26 Å². The van der Waals surface area contributed by atoms with Crippen molar-refractivity contribution in [2.75, 3.05) is 13.1 Å². The minimum absolute atomic E-state index is 0.0874. The minimum atomic E-state index is -0.821. The Kier molecular flexibility index (Phi) is 6.04. The summed E-state index contributed by atoms with van der Waals surface area (Å²) in [5.41, 5.74) is -0.821. The third-order valence-corrected chi connectivity index (χ3v) is 5.48. The monoisotopic (exact) mass is 348 g/mol. The van der Waals surface area contributed by atoms with Crippen LogP contribution in [0.3, 0.4) is 0 Å². The first-order valence-corrected chi connectivity index (χ1v) is 9.15. The fourth-order valence-corrected chi connectivity index (χ4v) is 3.80. The van der Waals surface area contributed by atoms with Crippen molar-refractivity contribution in [3.63, 3.8) is 0 Å². The molecule has 1 saturated heterocycles. The van der Waals surface area contributed by atoms with Crippen LogP contribution in [0.4, 0.5) is 4.79 Å².